The smallest absolute Gasteiger partial charge is 0.284 e. The summed E-state index contributed by atoms with van der Waals surface area (Å²) in [7, 11) is 0. The largest absolute Gasteiger partial charge is 0.295 e. The van der Waals surface area contributed by atoms with Gasteiger partial charge in [-0.1, -0.05) is 0 Å². The van der Waals surface area contributed by atoms with Crippen molar-refractivity contribution in [1.82, 2.24) is 0 Å². The monoisotopic (exact) mass is 369 g/mol. The van der Waals surface area contributed by atoms with Gasteiger partial charge >= 0.3 is 0 Å². The standard InChI is InChI=1S/C8H5BrINO3/c1-4(12)5-2-6(9)8(10)7(3-5)11(13)14/h2-3H,1H3. The summed E-state index contributed by atoms with van der Waals surface area (Å²) in [5.74, 6) is -0.190. The molecule has 0 aliphatic heterocycles. The first-order valence-electron chi connectivity index (χ1n) is 3.58. The molecule has 0 N–H and O–H groups in total. The van der Waals surface area contributed by atoms with Crippen molar-refractivity contribution in [2.75, 3.05) is 0 Å². The molecule has 0 saturated heterocycles. The number of halogens is 2. The summed E-state index contributed by atoms with van der Waals surface area (Å²) in [6.45, 7) is 1.37. The summed E-state index contributed by atoms with van der Waals surface area (Å²) < 4.78 is 1.06. The number of benzene rings is 1. The summed E-state index contributed by atoms with van der Waals surface area (Å²) in [5, 5.41) is 10.6. The highest BCUT2D eigenvalue weighted by atomic mass is 127. The second-order valence-corrected chi connectivity index (χ2v) is 4.54. The molecule has 0 radical (unpaired) electrons. The average molecular weight is 370 g/mol. The van der Waals surface area contributed by atoms with Gasteiger partial charge in [0.2, 0.25) is 0 Å². The van der Waals surface area contributed by atoms with Gasteiger partial charge in [0, 0.05) is 16.1 Å². The predicted molar refractivity (Wildman–Crippen MR) is 63.5 cm³/mol. The van der Waals surface area contributed by atoms with E-state index in [1.54, 1.807) is 6.07 Å². The molecule has 0 aliphatic rings. The third-order valence-corrected chi connectivity index (χ3v) is 4.11. The number of carbonyl (C=O) groups excluding carboxylic acids is 1. The number of ketones is 1. The first kappa shape index (κ1) is 11.6. The molecule has 0 fully saturated rings. The maximum atomic E-state index is 11.0. The van der Waals surface area contributed by atoms with Gasteiger partial charge in [-0.3, -0.25) is 14.9 Å². The van der Waals surface area contributed by atoms with E-state index < -0.39 is 4.92 Å². The Morgan fingerprint density at radius 3 is 2.57 bits per heavy atom. The zero-order valence-corrected chi connectivity index (χ0v) is 10.8. The van der Waals surface area contributed by atoms with Crippen molar-refractivity contribution >= 4 is 50.0 Å². The van der Waals surface area contributed by atoms with Crippen molar-refractivity contribution in [1.29, 1.82) is 0 Å². The Kier molecular flexibility index (Phi) is 3.59. The molecule has 0 amide bonds. The Labute approximate surface area is 102 Å². The van der Waals surface area contributed by atoms with Crippen LogP contribution in [-0.4, -0.2) is 10.7 Å². The molecule has 74 valence electrons. The van der Waals surface area contributed by atoms with Gasteiger partial charge in [-0.15, -0.1) is 0 Å². The lowest BCUT2D eigenvalue weighted by atomic mass is 10.1. The van der Waals surface area contributed by atoms with Crippen LogP contribution in [0, 0.1) is 13.7 Å². The van der Waals surface area contributed by atoms with E-state index in [2.05, 4.69) is 15.9 Å². The van der Waals surface area contributed by atoms with Crippen molar-refractivity contribution in [3.63, 3.8) is 0 Å². The van der Waals surface area contributed by atoms with Crippen LogP contribution in [0.25, 0.3) is 0 Å². The zero-order chi connectivity index (χ0) is 10.9. The van der Waals surface area contributed by atoms with Crippen LogP contribution < -0.4 is 0 Å². The molecule has 0 spiro atoms. The first-order valence-corrected chi connectivity index (χ1v) is 5.45. The molecule has 4 nitrogen and oxygen atoms in total. The van der Waals surface area contributed by atoms with Crippen LogP contribution in [0.4, 0.5) is 5.69 Å². The number of nitrogens with zero attached hydrogens (tertiary/aromatic N) is 1. The maximum absolute atomic E-state index is 11.0. The summed E-state index contributed by atoms with van der Waals surface area (Å²) in [4.78, 5) is 21.2. The molecule has 0 saturated carbocycles. The highest BCUT2D eigenvalue weighted by Gasteiger charge is 2.17. The van der Waals surface area contributed by atoms with Gasteiger partial charge in [-0.05, 0) is 51.5 Å². The van der Waals surface area contributed by atoms with E-state index in [4.69, 9.17) is 0 Å². The number of hydrogen-bond donors (Lipinski definition) is 0. The molecule has 1 aromatic carbocycles. The van der Waals surface area contributed by atoms with E-state index in [0.717, 1.165) is 0 Å². The number of nitro benzene ring substituents is 1. The van der Waals surface area contributed by atoms with E-state index in [9.17, 15) is 14.9 Å². The van der Waals surface area contributed by atoms with Gasteiger partial charge < -0.3 is 0 Å². The molecule has 1 aromatic rings. The van der Waals surface area contributed by atoms with Crippen LogP contribution in [0.15, 0.2) is 16.6 Å². The fourth-order valence-corrected chi connectivity index (χ4v) is 1.87. The van der Waals surface area contributed by atoms with E-state index in [1.807, 2.05) is 22.6 Å². The van der Waals surface area contributed by atoms with E-state index in [0.29, 0.717) is 13.6 Å². The molecule has 0 aromatic heterocycles. The van der Waals surface area contributed by atoms with Crippen LogP contribution in [0.1, 0.15) is 17.3 Å². The van der Waals surface area contributed by atoms with Gasteiger partial charge in [0.1, 0.15) is 3.57 Å². The quantitative estimate of drug-likeness (QED) is 0.348. The van der Waals surface area contributed by atoms with E-state index in [1.165, 1.54) is 13.0 Å². The Morgan fingerprint density at radius 1 is 1.57 bits per heavy atom. The lowest BCUT2D eigenvalue weighted by Crippen LogP contribution is -1.98. The SMILES string of the molecule is CC(=O)c1cc(Br)c(I)c([N+](=O)[O-])c1. The third kappa shape index (κ3) is 2.30. The summed E-state index contributed by atoms with van der Waals surface area (Å²) >= 11 is 5.03. The maximum Gasteiger partial charge on any atom is 0.284 e. The normalized spacial score (nSPS) is 9.93. The van der Waals surface area contributed by atoms with Gasteiger partial charge in [0.25, 0.3) is 5.69 Å². The van der Waals surface area contributed by atoms with Crippen LogP contribution in [0.2, 0.25) is 0 Å². The van der Waals surface area contributed by atoms with Crippen molar-refractivity contribution in [2.24, 2.45) is 0 Å². The number of rotatable bonds is 2. The molecule has 0 unspecified atom stereocenters. The molecule has 0 aliphatic carbocycles. The minimum absolute atomic E-state index is 0.0508. The summed E-state index contributed by atoms with van der Waals surface area (Å²) in [5.41, 5.74) is 0.286. The minimum Gasteiger partial charge on any atom is -0.295 e. The molecule has 0 atom stereocenters. The minimum atomic E-state index is -0.501. The second-order valence-electron chi connectivity index (χ2n) is 2.60. The van der Waals surface area contributed by atoms with Gasteiger partial charge in [-0.25, -0.2) is 0 Å². The lowest BCUT2D eigenvalue weighted by Gasteiger charge is -2.01. The third-order valence-electron chi connectivity index (χ3n) is 1.61. The molecule has 6 heteroatoms. The molecular weight excluding hydrogens is 365 g/mol. The van der Waals surface area contributed by atoms with Crippen molar-refractivity contribution in [3.8, 4) is 0 Å². The van der Waals surface area contributed by atoms with E-state index in [-0.39, 0.29) is 11.5 Å². The fraction of sp³-hybridized carbons (Fsp3) is 0.125. The molecule has 0 heterocycles. The number of Topliss-reactive ketones (excluding diaryl/α,β-unsaturated/α-hetero) is 1. The van der Waals surface area contributed by atoms with Gasteiger partial charge in [0.15, 0.2) is 5.78 Å². The Hall–Kier alpha value is -0.500. The molecular formula is C8H5BrINO3. The fourth-order valence-electron chi connectivity index (χ4n) is 0.911. The summed E-state index contributed by atoms with van der Waals surface area (Å²) in [6, 6.07) is 2.87. The van der Waals surface area contributed by atoms with Gasteiger partial charge in [-0.2, -0.15) is 0 Å². The highest BCUT2D eigenvalue weighted by molar-refractivity contribution is 14.1. The average Bonchev–Trinajstić information content (AvgIpc) is 2.08. The van der Waals surface area contributed by atoms with Crippen LogP contribution in [-0.2, 0) is 0 Å². The van der Waals surface area contributed by atoms with Crippen LogP contribution >= 0.6 is 38.5 Å². The Balaban J connectivity index is 3.43. The van der Waals surface area contributed by atoms with Crippen molar-refractivity contribution in [2.45, 2.75) is 6.92 Å². The van der Waals surface area contributed by atoms with Crippen molar-refractivity contribution < 1.29 is 9.72 Å². The van der Waals surface area contributed by atoms with Crippen molar-refractivity contribution in [3.05, 3.63) is 35.9 Å². The topological polar surface area (TPSA) is 60.2 Å². The number of nitro groups is 1. The molecule has 14 heavy (non-hydrogen) atoms. The first-order chi connectivity index (χ1) is 6.43. The predicted octanol–water partition coefficient (Wildman–Crippen LogP) is 3.16. The lowest BCUT2D eigenvalue weighted by molar-refractivity contribution is -0.385. The number of carbonyl (C=O) groups is 1. The highest BCUT2D eigenvalue weighted by Crippen LogP contribution is 2.30. The van der Waals surface area contributed by atoms with Crippen LogP contribution in [0.5, 0.6) is 0 Å². The van der Waals surface area contributed by atoms with Gasteiger partial charge in [0.05, 0.1) is 4.92 Å². The molecule has 1 rings (SSSR count). The number of hydrogen-bond acceptors (Lipinski definition) is 3. The second kappa shape index (κ2) is 4.35. The Morgan fingerprint density at radius 2 is 2.14 bits per heavy atom. The van der Waals surface area contributed by atoms with E-state index >= 15 is 0 Å². The zero-order valence-electron chi connectivity index (χ0n) is 7.08. The molecule has 0 bridgehead atoms. The summed E-state index contributed by atoms with van der Waals surface area (Å²) in [6.07, 6.45) is 0. The Bertz CT molecular complexity index is 419. The van der Waals surface area contributed by atoms with Crippen LogP contribution in [0.3, 0.4) is 0 Å².